The number of rotatable bonds is 11. The Balaban J connectivity index is 1.74. The van der Waals surface area contributed by atoms with Gasteiger partial charge in [-0.25, -0.2) is 8.42 Å². The maximum Gasteiger partial charge on any atom is 0.242 e. The molecule has 37 heavy (non-hydrogen) atoms. The maximum absolute atomic E-state index is 13.4. The molecule has 10 heteroatoms. The first kappa shape index (κ1) is 29.5. The number of hydrogen-bond acceptors (Lipinski definition) is 4. The van der Waals surface area contributed by atoms with Crippen molar-refractivity contribution in [1.82, 2.24) is 10.2 Å². The van der Waals surface area contributed by atoms with E-state index < -0.39 is 16.1 Å². The van der Waals surface area contributed by atoms with Crippen LogP contribution in [0.5, 0.6) is 0 Å². The minimum Gasteiger partial charge on any atom is -0.352 e. The molecule has 2 amide bonds. The second-order valence-electron chi connectivity index (χ2n) is 9.64. The second-order valence-corrected chi connectivity index (χ2v) is 12.9. The van der Waals surface area contributed by atoms with E-state index >= 15 is 0 Å². The fourth-order valence-corrected chi connectivity index (χ4v) is 6.29. The van der Waals surface area contributed by atoms with Crippen molar-refractivity contribution in [2.75, 3.05) is 17.1 Å². The van der Waals surface area contributed by atoms with Crippen LogP contribution in [-0.4, -0.2) is 50.0 Å². The fourth-order valence-electron chi connectivity index (χ4n) is 4.66. The number of amides is 2. The Morgan fingerprint density at radius 1 is 1.16 bits per heavy atom. The molecule has 1 N–H and O–H groups in total. The van der Waals surface area contributed by atoms with E-state index in [-0.39, 0.29) is 37.4 Å². The number of nitrogens with zero attached hydrogens (tertiary/aromatic N) is 2. The number of hydrogen-bond donors (Lipinski definition) is 1. The molecular formula is C27H35BrClN3O4S. The van der Waals surface area contributed by atoms with Crippen molar-refractivity contribution in [2.24, 2.45) is 0 Å². The highest BCUT2D eigenvalue weighted by Crippen LogP contribution is 2.28. The zero-order valence-electron chi connectivity index (χ0n) is 21.5. The Morgan fingerprint density at radius 3 is 2.49 bits per heavy atom. The summed E-state index contributed by atoms with van der Waals surface area (Å²) < 4.78 is 27.3. The molecule has 0 heterocycles. The molecule has 7 nitrogen and oxygen atoms in total. The van der Waals surface area contributed by atoms with Gasteiger partial charge in [0, 0.05) is 35.0 Å². The average molecular weight is 613 g/mol. The van der Waals surface area contributed by atoms with Crippen molar-refractivity contribution in [3.63, 3.8) is 0 Å². The van der Waals surface area contributed by atoms with Crippen LogP contribution in [0.2, 0.25) is 5.02 Å². The summed E-state index contributed by atoms with van der Waals surface area (Å²) in [6, 6.07) is 12.3. The molecule has 1 saturated carbocycles. The van der Waals surface area contributed by atoms with E-state index in [9.17, 15) is 18.0 Å². The summed E-state index contributed by atoms with van der Waals surface area (Å²) in [7, 11) is -3.59. The summed E-state index contributed by atoms with van der Waals surface area (Å²) in [6.07, 6.45) is 5.66. The lowest BCUT2D eigenvalue weighted by atomic mass is 10.1. The van der Waals surface area contributed by atoms with Crippen LogP contribution in [0.3, 0.4) is 0 Å². The Labute approximate surface area is 233 Å². The van der Waals surface area contributed by atoms with E-state index in [1.54, 1.807) is 36.9 Å². The fraction of sp³-hybridized carbons (Fsp3) is 0.481. The summed E-state index contributed by atoms with van der Waals surface area (Å²) >= 11 is 9.69. The van der Waals surface area contributed by atoms with Crippen LogP contribution in [0.25, 0.3) is 0 Å². The van der Waals surface area contributed by atoms with Gasteiger partial charge in [-0.15, -0.1) is 0 Å². The first-order valence-corrected chi connectivity index (χ1v) is 15.6. The third kappa shape index (κ3) is 8.19. The molecule has 0 bridgehead atoms. The molecule has 0 aromatic heterocycles. The normalized spacial score (nSPS) is 14.8. The lowest BCUT2D eigenvalue weighted by Crippen LogP contribution is -2.49. The molecule has 2 aromatic rings. The van der Waals surface area contributed by atoms with Gasteiger partial charge in [-0.1, -0.05) is 58.6 Å². The molecule has 202 valence electrons. The van der Waals surface area contributed by atoms with Crippen molar-refractivity contribution in [3.8, 4) is 0 Å². The molecular weight excluding hydrogens is 578 g/mol. The third-order valence-electron chi connectivity index (χ3n) is 6.77. The van der Waals surface area contributed by atoms with E-state index in [1.807, 2.05) is 24.3 Å². The van der Waals surface area contributed by atoms with Crippen LogP contribution in [0.15, 0.2) is 46.9 Å². The predicted octanol–water partition coefficient (Wildman–Crippen LogP) is 5.43. The Kier molecular flexibility index (Phi) is 10.4. The van der Waals surface area contributed by atoms with Crippen LogP contribution < -0.4 is 9.62 Å². The highest BCUT2D eigenvalue weighted by Gasteiger charge is 2.29. The van der Waals surface area contributed by atoms with Gasteiger partial charge in [0.25, 0.3) is 0 Å². The van der Waals surface area contributed by atoms with Crippen molar-refractivity contribution < 1.29 is 18.0 Å². The first-order valence-electron chi connectivity index (χ1n) is 12.5. The zero-order chi connectivity index (χ0) is 27.2. The van der Waals surface area contributed by atoms with E-state index in [0.29, 0.717) is 22.7 Å². The molecule has 1 atom stereocenters. The standard InChI is InChI=1S/C27H35BrClN3O4S/c1-19-24(29)13-7-14-25(19)32(37(3,35)36)16-8-15-26(33)31(18-21-9-6-10-22(28)17-21)20(2)27(34)30-23-11-4-5-12-23/h6-7,9-10,13-14,17,20,23H,4-5,8,11-12,15-16,18H2,1-3H3,(H,30,34). The summed E-state index contributed by atoms with van der Waals surface area (Å²) in [5.41, 5.74) is 2.06. The lowest BCUT2D eigenvalue weighted by Gasteiger charge is -2.30. The average Bonchev–Trinajstić information content (AvgIpc) is 3.34. The molecule has 1 unspecified atom stereocenters. The molecule has 1 aliphatic carbocycles. The van der Waals surface area contributed by atoms with E-state index in [1.165, 1.54) is 4.31 Å². The highest BCUT2D eigenvalue weighted by molar-refractivity contribution is 9.10. The lowest BCUT2D eigenvalue weighted by molar-refractivity contribution is -0.141. The number of anilines is 1. The topological polar surface area (TPSA) is 86.8 Å². The summed E-state index contributed by atoms with van der Waals surface area (Å²) in [4.78, 5) is 28.1. The van der Waals surface area contributed by atoms with Crippen molar-refractivity contribution in [2.45, 2.75) is 71.0 Å². The van der Waals surface area contributed by atoms with Gasteiger partial charge < -0.3 is 10.2 Å². The van der Waals surface area contributed by atoms with Gasteiger partial charge in [0.15, 0.2) is 0 Å². The smallest absolute Gasteiger partial charge is 0.242 e. The SMILES string of the molecule is Cc1c(Cl)cccc1N(CCCC(=O)N(Cc1cccc(Br)c1)C(C)C(=O)NC1CCCC1)S(C)(=O)=O. The molecule has 0 saturated heterocycles. The highest BCUT2D eigenvalue weighted by atomic mass is 79.9. The van der Waals surface area contributed by atoms with Gasteiger partial charge in [-0.2, -0.15) is 0 Å². The number of benzene rings is 2. The largest absolute Gasteiger partial charge is 0.352 e. The summed E-state index contributed by atoms with van der Waals surface area (Å²) in [5, 5.41) is 3.57. The molecule has 1 aliphatic rings. The zero-order valence-corrected chi connectivity index (χ0v) is 24.7. The number of nitrogens with one attached hydrogen (secondary N) is 1. The second kappa shape index (κ2) is 13.1. The molecule has 0 spiro atoms. The quantitative estimate of drug-likeness (QED) is 0.367. The van der Waals surface area contributed by atoms with Crippen LogP contribution in [0.1, 0.15) is 56.6 Å². The third-order valence-corrected chi connectivity index (χ3v) is 8.85. The monoisotopic (exact) mass is 611 g/mol. The van der Waals surface area contributed by atoms with E-state index in [4.69, 9.17) is 11.6 Å². The molecule has 3 rings (SSSR count). The number of halogens is 2. The van der Waals surface area contributed by atoms with Gasteiger partial charge in [-0.3, -0.25) is 13.9 Å². The number of carbonyl (C=O) groups is 2. The van der Waals surface area contributed by atoms with Gasteiger partial charge in [0.05, 0.1) is 11.9 Å². The van der Waals surface area contributed by atoms with Gasteiger partial charge in [0.1, 0.15) is 6.04 Å². The minimum atomic E-state index is -3.59. The Morgan fingerprint density at radius 2 is 1.84 bits per heavy atom. The van der Waals surface area contributed by atoms with Gasteiger partial charge in [-0.05, 0) is 68.5 Å². The first-order chi connectivity index (χ1) is 17.5. The van der Waals surface area contributed by atoms with Crippen LogP contribution in [0, 0.1) is 6.92 Å². The number of sulfonamides is 1. The Bertz CT molecular complexity index is 1220. The van der Waals surface area contributed by atoms with Crippen LogP contribution in [0.4, 0.5) is 5.69 Å². The Hall–Kier alpha value is -2.10. The summed E-state index contributed by atoms with van der Waals surface area (Å²) in [5.74, 6) is -0.368. The molecule has 0 aliphatic heterocycles. The van der Waals surface area contributed by atoms with Gasteiger partial charge >= 0.3 is 0 Å². The molecule has 0 radical (unpaired) electrons. The van der Waals surface area contributed by atoms with Crippen molar-refractivity contribution in [3.05, 3.63) is 63.1 Å². The number of carbonyl (C=O) groups excluding carboxylic acids is 2. The minimum absolute atomic E-state index is 0.0979. The maximum atomic E-state index is 13.4. The molecule has 1 fully saturated rings. The van der Waals surface area contributed by atoms with Crippen molar-refractivity contribution >= 4 is 55.1 Å². The molecule has 2 aromatic carbocycles. The van der Waals surface area contributed by atoms with Crippen molar-refractivity contribution in [1.29, 1.82) is 0 Å². The summed E-state index contributed by atoms with van der Waals surface area (Å²) in [6.45, 7) is 3.92. The van der Waals surface area contributed by atoms with E-state index in [2.05, 4.69) is 21.2 Å². The van der Waals surface area contributed by atoms with Crippen LogP contribution in [-0.2, 0) is 26.2 Å². The van der Waals surface area contributed by atoms with Gasteiger partial charge in [0.2, 0.25) is 21.8 Å². The van der Waals surface area contributed by atoms with Crippen LogP contribution >= 0.6 is 27.5 Å². The predicted molar refractivity (Wildman–Crippen MR) is 152 cm³/mol. The van der Waals surface area contributed by atoms with E-state index in [0.717, 1.165) is 42.0 Å².